The van der Waals surface area contributed by atoms with Crippen LogP contribution in [0.3, 0.4) is 0 Å². The average molecular weight is 390 g/mol. The van der Waals surface area contributed by atoms with E-state index in [1.54, 1.807) is 7.11 Å². The Morgan fingerprint density at radius 2 is 2.04 bits per heavy atom. The summed E-state index contributed by atoms with van der Waals surface area (Å²) in [4.78, 5) is 12.4. The first-order valence-corrected chi connectivity index (χ1v) is 10.2. The summed E-state index contributed by atoms with van der Waals surface area (Å²) in [5.74, 6) is 8.88. The molecule has 1 heterocycles. The van der Waals surface area contributed by atoms with Crippen molar-refractivity contribution in [1.29, 1.82) is 0 Å². The molecule has 0 unspecified atom stereocenters. The first kappa shape index (κ1) is 19.5. The number of rotatable bonds is 6. The Kier molecular flexibility index (Phi) is 6.26. The number of aromatic nitrogens is 3. The highest BCUT2D eigenvalue weighted by Crippen LogP contribution is 2.29. The van der Waals surface area contributed by atoms with Gasteiger partial charge in [-0.25, -0.2) is 4.68 Å². The number of carbonyl (C=O) groups is 1. The number of nitrogens with two attached hydrogens (primary N) is 1. The molecule has 3 N–H and O–H groups in total. The van der Waals surface area contributed by atoms with E-state index in [1.165, 1.54) is 29.3 Å². The van der Waals surface area contributed by atoms with Gasteiger partial charge in [0, 0.05) is 11.6 Å². The lowest BCUT2D eigenvalue weighted by Crippen LogP contribution is -2.44. The number of thioether (sulfide) groups is 1. The Bertz CT molecular complexity index is 777. The second-order valence-corrected chi connectivity index (χ2v) is 8.08. The van der Waals surface area contributed by atoms with Crippen LogP contribution in [0, 0.1) is 11.8 Å². The van der Waals surface area contributed by atoms with E-state index in [0.717, 1.165) is 17.7 Å². The van der Waals surface area contributed by atoms with Gasteiger partial charge in [-0.1, -0.05) is 38.5 Å². The first-order valence-electron chi connectivity index (χ1n) is 9.26. The zero-order valence-corrected chi connectivity index (χ0v) is 16.8. The van der Waals surface area contributed by atoms with Gasteiger partial charge < -0.3 is 15.9 Å². The van der Waals surface area contributed by atoms with Crippen molar-refractivity contribution in [3.05, 3.63) is 24.3 Å². The molecule has 1 amide bonds. The maximum atomic E-state index is 12.4. The Labute approximate surface area is 164 Å². The number of benzene rings is 1. The first-order chi connectivity index (χ1) is 13.0. The third-order valence-electron chi connectivity index (χ3n) is 5.40. The van der Waals surface area contributed by atoms with Crippen molar-refractivity contribution in [3.63, 3.8) is 0 Å². The summed E-state index contributed by atoms with van der Waals surface area (Å²) in [7, 11) is 1.62. The molecule has 1 fully saturated rings. The van der Waals surface area contributed by atoms with E-state index in [2.05, 4.69) is 29.4 Å². The highest BCUT2D eigenvalue weighted by Gasteiger charge is 2.28. The smallest absolute Gasteiger partial charge is 0.230 e. The molecule has 2 aromatic rings. The molecule has 0 saturated heterocycles. The SMILES string of the molecule is COc1ccc(-c2nnc(SCC(=O)N[C@@H]3CCC[C@@H](C)[C@H]3C)n2N)cc1. The zero-order chi connectivity index (χ0) is 19.4. The molecule has 3 atom stereocenters. The van der Waals surface area contributed by atoms with Gasteiger partial charge >= 0.3 is 0 Å². The number of ether oxygens (including phenoxy) is 1. The van der Waals surface area contributed by atoms with Gasteiger partial charge in [0.05, 0.1) is 12.9 Å². The summed E-state index contributed by atoms with van der Waals surface area (Å²) < 4.78 is 6.58. The minimum atomic E-state index is 0.0138. The molecule has 27 heavy (non-hydrogen) atoms. The summed E-state index contributed by atoms with van der Waals surface area (Å²) in [6, 6.07) is 7.69. The van der Waals surface area contributed by atoms with Crippen molar-refractivity contribution in [2.24, 2.45) is 11.8 Å². The van der Waals surface area contributed by atoms with Gasteiger partial charge in [-0.05, 0) is 42.5 Å². The summed E-state index contributed by atoms with van der Waals surface area (Å²) in [5, 5.41) is 12.0. The lowest BCUT2D eigenvalue weighted by atomic mass is 9.78. The summed E-state index contributed by atoms with van der Waals surface area (Å²) in [6.45, 7) is 4.48. The predicted molar refractivity (Wildman–Crippen MR) is 107 cm³/mol. The van der Waals surface area contributed by atoms with Gasteiger partial charge in [0.25, 0.3) is 0 Å². The van der Waals surface area contributed by atoms with Crippen molar-refractivity contribution >= 4 is 17.7 Å². The fraction of sp³-hybridized carbons (Fsp3) is 0.526. The van der Waals surface area contributed by atoms with Crippen LogP contribution in [0.1, 0.15) is 33.1 Å². The Balaban J connectivity index is 1.58. The van der Waals surface area contributed by atoms with Crippen LogP contribution in [0.4, 0.5) is 0 Å². The van der Waals surface area contributed by atoms with Crippen LogP contribution in [-0.4, -0.2) is 39.7 Å². The van der Waals surface area contributed by atoms with Gasteiger partial charge in [-0.15, -0.1) is 10.2 Å². The van der Waals surface area contributed by atoms with Crippen molar-refractivity contribution in [1.82, 2.24) is 20.2 Å². The molecule has 146 valence electrons. The third-order valence-corrected chi connectivity index (χ3v) is 6.34. The fourth-order valence-corrected chi connectivity index (χ4v) is 4.14. The molecule has 1 aliphatic carbocycles. The van der Waals surface area contributed by atoms with Crippen LogP contribution in [-0.2, 0) is 4.79 Å². The second kappa shape index (κ2) is 8.65. The third kappa shape index (κ3) is 4.55. The molecule has 0 aliphatic heterocycles. The van der Waals surface area contributed by atoms with Crippen molar-refractivity contribution in [2.45, 2.75) is 44.3 Å². The molecule has 0 spiro atoms. The van der Waals surface area contributed by atoms with Crippen molar-refractivity contribution < 1.29 is 9.53 Å². The molecule has 8 heteroatoms. The standard InChI is InChI=1S/C19H27N5O2S/c1-12-5-4-6-16(13(12)2)21-17(25)11-27-19-23-22-18(24(19)20)14-7-9-15(26-3)10-8-14/h7-10,12-13,16H,4-6,11,20H2,1-3H3,(H,21,25)/t12-,13-,16-/m1/s1. The van der Waals surface area contributed by atoms with Crippen LogP contribution in [0.15, 0.2) is 29.4 Å². The quantitative estimate of drug-likeness (QED) is 0.583. The monoisotopic (exact) mass is 389 g/mol. The highest BCUT2D eigenvalue weighted by atomic mass is 32.2. The van der Waals surface area contributed by atoms with Crippen LogP contribution in [0.5, 0.6) is 5.75 Å². The van der Waals surface area contributed by atoms with Gasteiger partial charge in [0.15, 0.2) is 5.82 Å². The summed E-state index contributed by atoms with van der Waals surface area (Å²) in [6.07, 6.45) is 3.47. The molecule has 1 aliphatic rings. The maximum absolute atomic E-state index is 12.4. The topological polar surface area (TPSA) is 95.1 Å². The number of methoxy groups -OCH3 is 1. The van der Waals surface area contributed by atoms with Crippen LogP contribution >= 0.6 is 11.8 Å². The fourth-order valence-electron chi connectivity index (χ4n) is 3.48. The van der Waals surface area contributed by atoms with E-state index in [9.17, 15) is 4.79 Å². The van der Waals surface area contributed by atoms with Gasteiger partial charge in [0.2, 0.25) is 11.1 Å². The lowest BCUT2D eigenvalue weighted by molar-refractivity contribution is -0.120. The molecule has 1 saturated carbocycles. The molecule has 7 nitrogen and oxygen atoms in total. The minimum Gasteiger partial charge on any atom is -0.497 e. The van der Waals surface area contributed by atoms with Crippen LogP contribution < -0.4 is 15.9 Å². The predicted octanol–water partition coefficient (Wildman–Crippen LogP) is 2.70. The number of hydrogen-bond acceptors (Lipinski definition) is 6. The minimum absolute atomic E-state index is 0.0138. The van der Waals surface area contributed by atoms with Gasteiger partial charge in [-0.3, -0.25) is 4.79 Å². The molecule has 1 aromatic heterocycles. The normalized spacial score (nSPS) is 22.4. The van der Waals surface area contributed by atoms with E-state index in [4.69, 9.17) is 10.6 Å². The van der Waals surface area contributed by atoms with Crippen LogP contribution in [0.2, 0.25) is 0 Å². The van der Waals surface area contributed by atoms with Crippen molar-refractivity contribution in [2.75, 3.05) is 18.7 Å². The number of amides is 1. The van der Waals surface area contributed by atoms with E-state index >= 15 is 0 Å². The summed E-state index contributed by atoms with van der Waals surface area (Å²) >= 11 is 1.30. The largest absolute Gasteiger partial charge is 0.497 e. The Morgan fingerprint density at radius 1 is 1.30 bits per heavy atom. The highest BCUT2D eigenvalue weighted by molar-refractivity contribution is 7.99. The van der Waals surface area contributed by atoms with Crippen LogP contribution in [0.25, 0.3) is 11.4 Å². The number of nitrogen functional groups attached to an aromatic ring is 1. The number of nitrogens with one attached hydrogen (secondary N) is 1. The van der Waals surface area contributed by atoms with E-state index in [1.807, 2.05) is 24.3 Å². The average Bonchev–Trinajstić information content (AvgIpc) is 3.04. The zero-order valence-electron chi connectivity index (χ0n) is 16.0. The number of hydrogen-bond donors (Lipinski definition) is 2. The van der Waals surface area contributed by atoms with Gasteiger partial charge in [0.1, 0.15) is 5.75 Å². The maximum Gasteiger partial charge on any atom is 0.230 e. The molecule has 3 rings (SSSR count). The number of nitrogens with zero attached hydrogens (tertiary/aromatic N) is 3. The van der Waals surface area contributed by atoms with E-state index in [0.29, 0.717) is 22.8 Å². The van der Waals surface area contributed by atoms with Crippen molar-refractivity contribution in [3.8, 4) is 17.1 Å². The lowest BCUT2D eigenvalue weighted by Gasteiger charge is -2.34. The Morgan fingerprint density at radius 3 is 2.74 bits per heavy atom. The molecule has 0 bridgehead atoms. The number of carbonyl (C=O) groups excluding carboxylic acids is 1. The van der Waals surface area contributed by atoms with E-state index in [-0.39, 0.29) is 17.7 Å². The van der Waals surface area contributed by atoms with Gasteiger partial charge in [-0.2, -0.15) is 0 Å². The molecular formula is C19H27N5O2S. The Hall–Kier alpha value is -2.22. The molecular weight excluding hydrogens is 362 g/mol. The molecule has 0 radical (unpaired) electrons. The second-order valence-electron chi connectivity index (χ2n) is 7.13. The molecule has 1 aromatic carbocycles. The summed E-state index contributed by atoms with van der Waals surface area (Å²) in [5.41, 5.74) is 0.840. The van der Waals surface area contributed by atoms with E-state index < -0.39 is 0 Å².